The molecule has 0 unspecified atom stereocenters. The molecule has 0 fully saturated rings. The quantitative estimate of drug-likeness (QED) is 0.495. The van der Waals surface area contributed by atoms with Crippen LogP contribution in [0.1, 0.15) is 18.4 Å². The molecule has 6 nitrogen and oxygen atoms in total. The summed E-state index contributed by atoms with van der Waals surface area (Å²) in [5.41, 5.74) is 0.304. The summed E-state index contributed by atoms with van der Waals surface area (Å²) in [6, 6.07) is 3.41. The van der Waals surface area contributed by atoms with Crippen molar-refractivity contribution in [2.75, 3.05) is 0 Å². The lowest BCUT2D eigenvalue weighted by atomic mass is 9.77. The van der Waals surface area contributed by atoms with Gasteiger partial charge in [-0.25, -0.2) is 4.39 Å². The maximum absolute atomic E-state index is 12.9. The number of carbonyl (C=O) groups excluding carboxylic acids is 1. The Morgan fingerprint density at radius 1 is 1.26 bits per heavy atom. The zero-order valence-electron chi connectivity index (χ0n) is 9.97. The minimum absolute atomic E-state index is 0.0360. The first-order valence-electron chi connectivity index (χ1n) is 5.53. The average molecular weight is 269 g/mol. The molecule has 1 amide bonds. The third kappa shape index (κ3) is 5.06. The predicted octanol–water partition coefficient (Wildman–Crippen LogP) is -1.01. The van der Waals surface area contributed by atoms with Crippen LogP contribution in [0.5, 0.6) is 0 Å². The first kappa shape index (κ1) is 15.1. The third-order valence-electron chi connectivity index (χ3n) is 2.43. The molecule has 0 radical (unpaired) electrons. The van der Waals surface area contributed by atoms with Crippen LogP contribution in [0, 0.1) is 5.82 Å². The Kier molecular flexibility index (Phi) is 5.46. The van der Waals surface area contributed by atoms with Crippen molar-refractivity contribution in [1.82, 2.24) is 5.32 Å². The molecule has 0 saturated heterocycles. The van der Waals surface area contributed by atoms with Crippen molar-refractivity contribution in [1.29, 1.82) is 0 Å². The summed E-state index contributed by atoms with van der Waals surface area (Å²) in [5.74, 6) is -2.18. The van der Waals surface area contributed by atoms with Crippen LogP contribution < -0.4 is 10.8 Å². The van der Waals surface area contributed by atoms with Crippen molar-refractivity contribution in [2.45, 2.75) is 19.4 Å². The van der Waals surface area contributed by atoms with Gasteiger partial charge in [0, 0.05) is 13.0 Å². The van der Waals surface area contributed by atoms with E-state index in [-0.39, 0.29) is 24.8 Å². The van der Waals surface area contributed by atoms with Crippen molar-refractivity contribution < 1.29 is 29.1 Å². The van der Waals surface area contributed by atoms with Gasteiger partial charge in [0.2, 0.25) is 5.91 Å². The van der Waals surface area contributed by atoms with Crippen molar-refractivity contribution in [2.24, 2.45) is 0 Å². The summed E-state index contributed by atoms with van der Waals surface area (Å²) in [7, 11) is -1.85. The largest absolute Gasteiger partial charge is 0.488 e. The smallest absolute Gasteiger partial charge is 0.481 e. The van der Waals surface area contributed by atoms with E-state index in [1.165, 1.54) is 6.07 Å². The standard InChI is InChI=1S/C11H13BFNO5/c13-8-2-1-7(9(5-8)12(18)19)6-14-10(15)3-4-11(16)17/h1-2,5,18-19H,3-4,6H2,(H,14,15)(H,16,17). The molecule has 1 rings (SSSR count). The van der Waals surface area contributed by atoms with Gasteiger partial charge in [-0.15, -0.1) is 0 Å². The van der Waals surface area contributed by atoms with Crippen LogP contribution in [0.25, 0.3) is 0 Å². The van der Waals surface area contributed by atoms with E-state index in [1.54, 1.807) is 0 Å². The van der Waals surface area contributed by atoms with Gasteiger partial charge in [-0.05, 0) is 23.2 Å². The van der Waals surface area contributed by atoms with E-state index in [9.17, 15) is 14.0 Å². The van der Waals surface area contributed by atoms with Crippen molar-refractivity contribution in [3.05, 3.63) is 29.6 Å². The van der Waals surface area contributed by atoms with Crippen molar-refractivity contribution >= 4 is 24.5 Å². The summed E-state index contributed by atoms with van der Waals surface area (Å²) < 4.78 is 12.9. The molecule has 0 heterocycles. The first-order valence-corrected chi connectivity index (χ1v) is 5.53. The van der Waals surface area contributed by atoms with Crippen LogP contribution in [-0.4, -0.2) is 34.1 Å². The van der Waals surface area contributed by atoms with Gasteiger partial charge in [-0.1, -0.05) is 6.07 Å². The molecular weight excluding hydrogens is 256 g/mol. The number of halogens is 1. The SMILES string of the molecule is O=C(O)CCC(=O)NCc1ccc(F)cc1B(O)O. The average Bonchev–Trinajstić information content (AvgIpc) is 2.34. The van der Waals surface area contributed by atoms with E-state index in [0.29, 0.717) is 5.56 Å². The number of amides is 1. The molecule has 8 heteroatoms. The molecule has 0 saturated carbocycles. The normalized spacial score (nSPS) is 10.1. The Bertz CT molecular complexity index is 480. The van der Waals surface area contributed by atoms with E-state index in [2.05, 4.69) is 5.32 Å². The van der Waals surface area contributed by atoms with Gasteiger partial charge < -0.3 is 20.5 Å². The van der Waals surface area contributed by atoms with Crippen LogP contribution >= 0.6 is 0 Å². The lowest BCUT2D eigenvalue weighted by Gasteiger charge is -2.10. The maximum atomic E-state index is 12.9. The van der Waals surface area contributed by atoms with Crippen LogP contribution in [0.2, 0.25) is 0 Å². The molecule has 102 valence electrons. The number of benzene rings is 1. The first-order chi connectivity index (χ1) is 8.90. The number of carbonyl (C=O) groups is 2. The Labute approximate surface area is 109 Å². The van der Waals surface area contributed by atoms with Gasteiger partial charge in [0.1, 0.15) is 5.82 Å². The second-order valence-corrected chi connectivity index (χ2v) is 3.89. The summed E-state index contributed by atoms with van der Waals surface area (Å²) in [6.07, 6.45) is -0.460. The van der Waals surface area contributed by atoms with Gasteiger partial charge in [0.05, 0.1) is 6.42 Å². The molecule has 19 heavy (non-hydrogen) atoms. The van der Waals surface area contributed by atoms with Crippen LogP contribution in [0.15, 0.2) is 18.2 Å². The lowest BCUT2D eigenvalue weighted by molar-refractivity contribution is -0.138. The van der Waals surface area contributed by atoms with Crippen LogP contribution in [0.4, 0.5) is 4.39 Å². The van der Waals surface area contributed by atoms with Gasteiger partial charge in [0.25, 0.3) is 0 Å². The fourth-order valence-corrected chi connectivity index (χ4v) is 1.47. The van der Waals surface area contributed by atoms with E-state index in [0.717, 1.165) is 12.1 Å². The van der Waals surface area contributed by atoms with Gasteiger partial charge in [-0.2, -0.15) is 0 Å². The summed E-state index contributed by atoms with van der Waals surface area (Å²) in [5, 5.41) is 29.0. The molecule has 0 aliphatic heterocycles. The van der Waals surface area contributed by atoms with E-state index in [4.69, 9.17) is 15.2 Å². The molecule has 0 aliphatic rings. The van der Waals surface area contributed by atoms with Crippen LogP contribution in [-0.2, 0) is 16.1 Å². The number of nitrogens with one attached hydrogen (secondary N) is 1. The topological polar surface area (TPSA) is 107 Å². The van der Waals surface area contributed by atoms with Gasteiger partial charge >= 0.3 is 13.1 Å². The predicted molar refractivity (Wildman–Crippen MR) is 64.9 cm³/mol. The molecule has 1 aromatic carbocycles. The number of hydrogen-bond donors (Lipinski definition) is 4. The van der Waals surface area contributed by atoms with E-state index < -0.39 is 24.8 Å². The maximum Gasteiger partial charge on any atom is 0.488 e. The highest BCUT2D eigenvalue weighted by Crippen LogP contribution is 2.02. The number of hydrogen-bond acceptors (Lipinski definition) is 4. The Hall–Kier alpha value is -1.93. The molecular formula is C11H13BFNO5. The zero-order chi connectivity index (χ0) is 14.4. The molecule has 1 aromatic rings. The molecule has 0 atom stereocenters. The molecule has 0 bridgehead atoms. The zero-order valence-corrected chi connectivity index (χ0v) is 9.97. The monoisotopic (exact) mass is 269 g/mol. The minimum Gasteiger partial charge on any atom is -0.481 e. The van der Waals surface area contributed by atoms with Gasteiger partial charge in [0.15, 0.2) is 0 Å². The second kappa shape index (κ2) is 6.86. The lowest BCUT2D eigenvalue weighted by Crippen LogP contribution is -2.36. The molecule has 0 aromatic heterocycles. The number of carboxylic acid groups (broad SMARTS) is 1. The summed E-state index contributed by atoms with van der Waals surface area (Å²) >= 11 is 0. The third-order valence-corrected chi connectivity index (χ3v) is 2.43. The van der Waals surface area contributed by atoms with Crippen molar-refractivity contribution in [3.8, 4) is 0 Å². The number of rotatable bonds is 6. The Morgan fingerprint density at radius 3 is 2.53 bits per heavy atom. The molecule has 4 N–H and O–H groups in total. The highest BCUT2D eigenvalue weighted by atomic mass is 19.1. The Morgan fingerprint density at radius 2 is 1.95 bits per heavy atom. The molecule has 0 spiro atoms. The highest BCUT2D eigenvalue weighted by molar-refractivity contribution is 6.59. The number of carboxylic acids is 1. The number of aliphatic carboxylic acids is 1. The van der Waals surface area contributed by atoms with E-state index >= 15 is 0 Å². The minimum atomic E-state index is -1.85. The van der Waals surface area contributed by atoms with E-state index in [1.807, 2.05) is 0 Å². The molecule has 0 aliphatic carbocycles. The summed E-state index contributed by atoms with van der Waals surface area (Å²) in [6.45, 7) is -0.0360. The highest BCUT2D eigenvalue weighted by Gasteiger charge is 2.17. The van der Waals surface area contributed by atoms with Crippen molar-refractivity contribution in [3.63, 3.8) is 0 Å². The fraction of sp³-hybridized carbons (Fsp3) is 0.273. The summed E-state index contributed by atoms with van der Waals surface area (Å²) in [4.78, 5) is 21.6. The van der Waals surface area contributed by atoms with Gasteiger partial charge in [-0.3, -0.25) is 9.59 Å². The fourth-order valence-electron chi connectivity index (χ4n) is 1.47. The Balaban J connectivity index is 2.62. The van der Waals surface area contributed by atoms with Crippen LogP contribution in [0.3, 0.4) is 0 Å². The second-order valence-electron chi connectivity index (χ2n) is 3.89.